The molecule has 9 atom stereocenters. The van der Waals surface area contributed by atoms with Gasteiger partial charge in [-0.15, -0.1) is 0 Å². The SMILES string of the molecule is C=C1C[C@H]2O[C@H]([C@H]3[C@@H]2[C@]2(C)O[C@@H]2C[C@@H]3C(C)C)[C@](C)(OC(C)=O)CC[C@@H]1O. The van der Waals surface area contributed by atoms with E-state index in [1.165, 1.54) is 6.92 Å². The Labute approximate surface area is 162 Å². The van der Waals surface area contributed by atoms with E-state index in [1.54, 1.807) is 0 Å². The molecule has 3 saturated heterocycles. The van der Waals surface area contributed by atoms with E-state index in [0.717, 1.165) is 12.0 Å². The molecule has 2 bridgehead atoms. The fourth-order valence-electron chi connectivity index (χ4n) is 6.34. The maximum atomic E-state index is 12.0. The molecule has 0 spiro atoms. The number of fused-ring (bicyclic) bond motifs is 7. The first-order valence-electron chi connectivity index (χ1n) is 10.5. The normalized spacial score (nSPS) is 51.7. The highest BCUT2D eigenvalue weighted by Crippen LogP contribution is 2.64. The molecule has 0 aromatic heterocycles. The molecule has 1 N–H and O–H groups in total. The van der Waals surface area contributed by atoms with Crippen LogP contribution in [0.3, 0.4) is 0 Å². The molecule has 4 aliphatic rings. The zero-order valence-corrected chi connectivity index (χ0v) is 17.2. The van der Waals surface area contributed by atoms with Crippen molar-refractivity contribution in [3.8, 4) is 0 Å². The van der Waals surface area contributed by atoms with E-state index >= 15 is 0 Å². The molecule has 0 amide bonds. The van der Waals surface area contributed by atoms with Crippen LogP contribution in [-0.4, -0.2) is 46.7 Å². The van der Waals surface area contributed by atoms with Gasteiger partial charge >= 0.3 is 5.97 Å². The van der Waals surface area contributed by atoms with E-state index in [9.17, 15) is 9.90 Å². The first-order chi connectivity index (χ1) is 12.6. The summed E-state index contributed by atoms with van der Waals surface area (Å²) >= 11 is 0. The Morgan fingerprint density at radius 1 is 1.37 bits per heavy atom. The molecule has 27 heavy (non-hydrogen) atoms. The molecule has 0 aromatic rings. The summed E-state index contributed by atoms with van der Waals surface area (Å²) in [7, 11) is 0. The van der Waals surface area contributed by atoms with Crippen LogP contribution in [0.4, 0.5) is 0 Å². The lowest BCUT2D eigenvalue weighted by Crippen LogP contribution is -2.53. The summed E-state index contributed by atoms with van der Waals surface area (Å²) in [6.07, 6.45) is 2.27. The Kier molecular flexibility index (Phi) is 4.53. The first kappa shape index (κ1) is 19.4. The molecule has 3 heterocycles. The van der Waals surface area contributed by atoms with Gasteiger partial charge in [-0.2, -0.15) is 0 Å². The molecule has 0 unspecified atom stereocenters. The lowest BCUT2D eigenvalue weighted by molar-refractivity contribution is -0.179. The molecule has 152 valence electrons. The standard InChI is InChI=1S/C22H34O5/c1-11(2)14-10-17-22(6,27-17)19-16-9-12(3)15(24)7-8-21(5,26-13(4)23)20(25-16)18(14)19/h11,14-20,24H,3,7-10H2,1-2,4-6H3/t14-,15+,16-,17-,18-,19-,20-,21-,22-/m1/s1. The molecule has 5 nitrogen and oxygen atoms in total. The number of aliphatic hydroxyl groups is 1. The monoisotopic (exact) mass is 378 g/mol. The summed E-state index contributed by atoms with van der Waals surface area (Å²) in [5.41, 5.74) is -0.101. The zero-order chi connectivity index (χ0) is 19.7. The van der Waals surface area contributed by atoms with Crippen molar-refractivity contribution in [2.75, 3.05) is 0 Å². The Morgan fingerprint density at radius 2 is 2.07 bits per heavy atom. The largest absolute Gasteiger partial charge is 0.457 e. The van der Waals surface area contributed by atoms with Gasteiger partial charge in [0.2, 0.25) is 0 Å². The average Bonchev–Trinajstić information content (AvgIpc) is 3.07. The molecule has 1 aliphatic carbocycles. The second-order valence-electron chi connectivity index (χ2n) is 9.96. The highest BCUT2D eigenvalue weighted by atomic mass is 16.6. The molecule has 4 fully saturated rings. The Bertz CT molecular complexity index is 645. The minimum Gasteiger partial charge on any atom is -0.457 e. The number of esters is 1. The fourth-order valence-corrected chi connectivity index (χ4v) is 6.34. The van der Waals surface area contributed by atoms with Crippen molar-refractivity contribution >= 4 is 5.97 Å². The molecule has 0 aromatic carbocycles. The van der Waals surface area contributed by atoms with E-state index in [2.05, 4.69) is 27.4 Å². The number of carbonyl (C=O) groups is 1. The fraction of sp³-hybridized carbons (Fsp3) is 0.864. The Hall–Kier alpha value is -0.910. The van der Waals surface area contributed by atoms with E-state index in [1.807, 2.05) is 6.92 Å². The predicted molar refractivity (Wildman–Crippen MR) is 101 cm³/mol. The average molecular weight is 379 g/mol. The third kappa shape index (κ3) is 2.97. The molecule has 1 saturated carbocycles. The third-order valence-electron chi connectivity index (χ3n) is 7.79. The van der Waals surface area contributed by atoms with Gasteiger partial charge in [0.15, 0.2) is 0 Å². The topological polar surface area (TPSA) is 68.3 Å². The number of ether oxygens (including phenoxy) is 3. The summed E-state index contributed by atoms with van der Waals surface area (Å²) < 4.78 is 18.8. The van der Waals surface area contributed by atoms with Crippen LogP contribution in [0.15, 0.2) is 12.2 Å². The Morgan fingerprint density at radius 3 is 2.70 bits per heavy atom. The van der Waals surface area contributed by atoms with Crippen molar-refractivity contribution in [3.63, 3.8) is 0 Å². The summed E-state index contributed by atoms with van der Waals surface area (Å²) in [6, 6.07) is 0. The van der Waals surface area contributed by atoms with Gasteiger partial charge in [-0.1, -0.05) is 20.4 Å². The molecule has 5 heteroatoms. The molecule has 3 aliphatic heterocycles. The number of aliphatic hydroxyl groups excluding tert-OH is 1. The number of carbonyl (C=O) groups excluding carboxylic acids is 1. The first-order valence-corrected chi connectivity index (χ1v) is 10.5. The predicted octanol–water partition coefficient (Wildman–Crippen LogP) is 3.24. The van der Waals surface area contributed by atoms with Gasteiger partial charge in [0, 0.05) is 18.8 Å². The van der Waals surface area contributed by atoms with Gasteiger partial charge in [-0.3, -0.25) is 4.79 Å². The van der Waals surface area contributed by atoms with Gasteiger partial charge in [0.05, 0.1) is 23.9 Å². The molecule has 0 radical (unpaired) electrons. The van der Waals surface area contributed by atoms with E-state index in [-0.39, 0.29) is 41.7 Å². The maximum absolute atomic E-state index is 12.0. The lowest BCUT2D eigenvalue weighted by Gasteiger charge is -2.45. The smallest absolute Gasteiger partial charge is 0.303 e. The van der Waals surface area contributed by atoms with Crippen LogP contribution >= 0.6 is 0 Å². The van der Waals surface area contributed by atoms with Gasteiger partial charge in [-0.05, 0) is 56.9 Å². The van der Waals surface area contributed by atoms with Gasteiger partial charge in [0.25, 0.3) is 0 Å². The highest BCUT2D eigenvalue weighted by molar-refractivity contribution is 5.66. The van der Waals surface area contributed by atoms with Gasteiger partial charge in [0.1, 0.15) is 11.7 Å². The summed E-state index contributed by atoms with van der Waals surface area (Å²) in [4.78, 5) is 12.0. The van der Waals surface area contributed by atoms with Crippen LogP contribution in [0.2, 0.25) is 0 Å². The van der Waals surface area contributed by atoms with E-state index in [0.29, 0.717) is 31.1 Å². The number of hydrogen-bond donors (Lipinski definition) is 1. The Balaban J connectivity index is 1.78. The summed E-state index contributed by atoms with van der Waals surface area (Å²) in [5.74, 6) is 1.21. The molecular weight excluding hydrogens is 344 g/mol. The van der Waals surface area contributed by atoms with E-state index in [4.69, 9.17) is 14.2 Å². The third-order valence-corrected chi connectivity index (χ3v) is 7.79. The quantitative estimate of drug-likeness (QED) is 0.454. The van der Waals surface area contributed by atoms with Crippen molar-refractivity contribution < 1.29 is 24.1 Å². The molecular formula is C22H34O5. The van der Waals surface area contributed by atoms with Crippen LogP contribution in [0.1, 0.15) is 60.3 Å². The van der Waals surface area contributed by atoms with Crippen LogP contribution in [0, 0.1) is 23.7 Å². The van der Waals surface area contributed by atoms with Crippen LogP contribution in [0.5, 0.6) is 0 Å². The second kappa shape index (κ2) is 6.30. The van der Waals surface area contributed by atoms with E-state index < -0.39 is 11.7 Å². The molecule has 4 rings (SSSR count). The summed E-state index contributed by atoms with van der Waals surface area (Å²) in [6.45, 7) is 14.3. The van der Waals surface area contributed by atoms with Crippen molar-refractivity contribution in [3.05, 3.63) is 12.2 Å². The van der Waals surface area contributed by atoms with Crippen LogP contribution < -0.4 is 0 Å². The van der Waals surface area contributed by atoms with Crippen LogP contribution in [-0.2, 0) is 19.0 Å². The van der Waals surface area contributed by atoms with Gasteiger partial charge < -0.3 is 19.3 Å². The minimum atomic E-state index is -0.750. The number of epoxide rings is 1. The zero-order valence-electron chi connectivity index (χ0n) is 17.2. The van der Waals surface area contributed by atoms with Crippen molar-refractivity contribution in [1.82, 2.24) is 0 Å². The summed E-state index contributed by atoms with van der Waals surface area (Å²) in [5, 5.41) is 10.6. The van der Waals surface area contributed by atoms with Crippen molar-refractivity contribution in [2.24, 2.45) is 23.7 Å². The number of rotatable bonds is 2. The minimum absolute atomic E-state index is 0.0494. The highest BCUT2D eigenvalue weighted by Gasteiger charge is 2.72. The second-order valence-corrected chi connectivity index (χ2v) is 9.96. The lowest BCUT2D eigenvalue weighted by atomic mass is 9.59. The van der Waals surface area contributed by atoms with Crippen molar-refractivity contribution in [1.29, 1.82) is 0 Å². The maximum Gasteiger partial charge on any atom is 0.303 e. The van der Waals surface area contributed by atoms with Gasteiger partial charge in [-0.25, -0.2) is 0 Å². The van der Waals surface area contributed by atoms with Crippen LogP contribution in [0.25, 0.3) is 0 Å². The number of hydrogen-bond acceptors (Lipinski definition) is 5. The van der Waals surface area contributed by atoms with Crippen molar-refractivity contribution in [2.45, 2.75) is 95.9 Å².